The summed E-state index contributed by atoms with van der Waals surface area (Å²) in [6.45, 7) is 6.61. The number of hydrogen-bond donors (Lipinski definition) is 0. The van der Waals surface area contributed by atoms with Gasteiger partial charge >= 0.3 is 17.9 Å². The lowest BCUT2D eigenvalue weighted by Gasteiger charge is -2.18. The van der Waals surface area contributed by atoms with E-state index in [1.165, 1.54) is 218 Å². The van der Waals surface area contributed by atoms with E-state index in [1.54, 1.807) is 0 Å². The van der Waals surface area contributed by atoms with Gasteiger partial charge in [-0.25, -0.2) is 0 Å². The number of rotatable bonds is 58. The van der Waals surface area contributed by atoms with Crippen LogP contribution in [0.1, 0.15) is 329 Å². The minimum atomic E-state index is -0.803. The number of carbonyl (C=O) groups is 3. The fourth-order valence-electron chi connectivity index (χ4n) is 9.20. The predicted molar refractivity (Wildman–Crippen MR) is 316 cm³/mol. The highest BCUT2D eigenvalue weighted by molar-refractivity contribution is 5.71. The summed E-state index contributed by atoms with van der Waals surface area (Å²) < 4.78 is 16.9. The van der Waals surface area contributed by atoms with Gasteiger partial charge in [-0.2, -0.15) is 0 Å². The maximum atomic E-state index is 12.9. The number of hydrogen-bond acceptors (Lipinski definition) is 6. The summed E-state index contributed by atoms with van der Waals surface area (Å²) in [6, 6.07) is 0. The summed E-state index contributed by atoms with van der Waals surface area (Å²) in [4.78, 5) is 38.3. The highest BCUT2D eigenvalue weighted by Gasteiger charge is 2.19. The van der Waals surface area contributed by atoms with Gasteiger partial charge in [-0.3, -0.25) is 14.4 Å². The second kappa shape index (κ2) is 61.7. The van der Waals surface area contributed by atoms with Crippen molar-refractivity contribution >= 4 is 17.9 Å². The molecule has 0 saturated carbocycles. The van der Waals surface area contributed by atoms with Crippen LogP contribution in [-0.2, 0) is 28.6 Å². The zero-order valence-corrected chi connectivity index (χ0v) is 48.7. The first-order valence-electron chi connectivity index (χ1n) is 31.8. The second-order valence-electron chi connectivity index (χ2n) is 21.3. The molecule has 0 aliphatic heterocycles. The minimum absolute atomic E-state index is 0.0931. The molecule has 73 heavy (non-hydrogen) atoms. The molecule has 0 saturated heterocycles. The van der Waals surface area contributed by atoms with E-state index in [1.807, 2.05) is 0 Å². The van der Waals surface area contributed by atoms with Crippen LogP contribution >= 0.6 is 0 Å². The molecular formula is C67H120O6. The molecule has 0 bridgehead atoms. The normalized spacial score (nSPS) is 12.4. The van der Waals surface area contributed by atoms with Gasteiger partial charge in [-0.1, -0.05) is 287 Å². The molecule has 0 aliphatic carbocycles. The molecule has 0 heterocycles. The molecule has 1 atom stereocenters. The number of carbonyl (C=O) groups excluding carboxylic acids is 3. The molecule has 0 unspecified atom stereocenters. The van der Waals surface area contributed by atoms with E-state index in [4.69, 9.17) is 14.2 Å². The van der Waals surface area contributed by atoms with E-state index in [9.17, 15) is 14.4 Å². The van der Waals surface area contributed by atoms with E-state index in [-0.39, 0.29) is 37.5 Å². The Hall–Kier alpha value is -2.89. The molecule has 0 aromatic carbocycles. The van der Waals surface area contributed by atoms with Gasteiger partial charge in [0.15, 0.2) is 6.10 Å². The van der Waals surface area contributed by atoms with Gasteiger partial charge in [0, 0.05) is 19.3 Å². The standard InChI is InChI=1S/C67H120O6/c1-4-7-10-13-16-19-22-25-28-31-33-36-38-41-44-47-50-53-56-59-65(68)71-62-64(73-67(70)61-58-55-52-49-46-43-40-35-30-27-24-21-18-15-12-9-6-3)63-72-66(69)60-57-54-51-48-45-42-39-37-34-32-29-26-23-20-17-14-11-8-5-2/h18,21,25,27-28,30,40,43,49,52,64H,4-17,19-20,22-24,26,29,31-39,41-42,44-48,50-51,53-63H2,1-3H3/b21-18-,28-25-,30-27-,43-40-,52-49-/t64-/m1/s1. The molecule has 0 spiro atoms. The Balaban J connectivity index is 4.41. The maximum Gasteiger partial charge on any atom is 0.306 e. The van der Waals surface area contributed by atoms with E-state index >= 15 is 0 Å². The maximum absolute atomic E-state index is 12.9. The van der Waals surface area contributed by atoms with Crippen LogP contribution in [0.25, 0.3) is 0 Å². The summed E-state index contributed by atoms with van der Waals surface area (Å²) in [7, 11) is 0. The van der Waals surface area contributed by atoms with Crippen LogP contribution in [0.4, 0.5) is 0 Å². The van der Waals surface area contributed by atoms with Gasteiger partial charge in [0.05, 0.1) is 0 Å². The smallest absolute Gasteiger partial charge is 0.306 e. The average molecular weight is 1020 g/mol. The summed E-state index contributed by atoms with van der Waals surface area (Å²) >= 11 is 0. The van der Waals surface area contributed by atoms with Crippen LogP contribution in [0.15, 0.2) is 60.8 Å². The number of esters is 3. The third-order valence-corrected chi connectivity index (χ3v) is 14.0. The first-order chi connectivity index (χ1) is 36.0. The highest BCUT2D eigenvalue weighted by atomic mass is 16.6. The fourth-order valence-corrected chi connectivity index (χ4v) is 9.20. The van der Waals surface area contributed by atoms with Crippen molar-refractivity contribution in [2.75, 3.05) is 13.2 Å². The van der Waals surface area contributed by atoms with Crippen molar-refractivity contribution in [1.29, 1.82) is 0 Å². The Bertz CT molecular complexity index is 1310. The molecule has 0 aromatic heterocycles. The van der Waals surface area contributed by atoms with Crippen LogP contribution in [-0.4, -0.2) is 37.2 Å². The van der Waals surface area contributed by atoms with Crippen molar-refractivity contribution < 1.29 is 28.6 Å². The molecule has 6 heteroatoms. The lowest BCUT2D eigenvalue weighted by atomic mass is 10.0. The first kappa shape index (κ1) is 70.1. The van der Waals surface area contributed by atoms with Crippen LogP contribution in [0.3, 0.4) is 0 Å². The van der Waals surface area contributed by atoms with Crippen molar-refractivity contribution in [1.82, 2.24) is 0 Å². The Morgan fingerprint density at radius 1 is 0.274 bits per heavy atom. The molecule has 0 aromatic rings. The second-order valence-corrected chi connectivity index (χ2v) is 21.3. The largest absolute Gasteiger partial charge is 0.462 e. The molecule has 0 radical (unpaired) electrons. The van der Waals surface area contributed by atoms with Crippen molar-refractivity contribution in [2.45, 2.75) is 335 Å². The van der Waals surface area contributed by atoms with E-state index < -0.39 is 6.10 Å². The number of allylic oxidation sites excluding steroid dienone is 10. The van der Waals surface area contributed by atoms with Gasteiger partial charge in [0.25, 0.3) is 0 Å². The molecule has 6 nitrogen and oxygen atoms in total. The minimum Gasteiger partial charge on any atom is -0.462 e. The van der Waals surface area contributed by atoms with Crippen LogP contribution in [0.5, 0.6) is 0 Å². The molecule has 0 aliphatic rings. The summed E-state index contributed by atoms with van der Waals surface area (Å²) in [6.07, 6.45) is 78.0. The molecule has 0 fully saturated rings. The van der Waals surface area contributed by atoms with Gasteiger partial charge in [0.1, 0.15) is 13.2 Å². The first-order valence-corrected chi connectivity index (χ1v) is 31.8. The van der Waals surface area contributed by atoms with Crippen molar-refractivity contribution in [3.05, 3.63) is 60.8 Å². The summed E-state index contributed by atoms with van der Waals surface area (Å²) in [5.41, 5.74) is 0. The Labute approximate surface area is 453 Å². The van der Waals surface area contributed by atoms with E-state index in [2.05, 4.69) is 81.5 Å². The lowest BCUT2D eigenvalue weighted by Crippen LogP contribution is -2.30. The van der Waals surface area contributed by atoms with Crippen molar-refractivity contribution in [3.63, 3.8) is 0 Å². The molecule has 0 N–H and O–H groups in total. The Morgan fingerprint density at radius 3 is 0.849 bits per heavy atom. The third kappa shape index (κ3) is 59.9. The van der Waals surface area contributed by atoms with Crippen molar-refractivity contribution in [2.24, 2.45) is 0 Å². The topological polar surface area (TPSA) is 78.9 Å². The molecular weight excluding hydrogens is 901 g/mol. The Kier molecular flexibility index (Phi) is 59.2. The van der Waals surface area contributed by atoms with Gasteiger partial charge in [-0.05, 0) is 83.5 Å². The summed E-state index contributed by atoms with van der Waals surface area (Å²) in [5.74, 6) is -0.934. The van der Waals surface area contributed by atoms with Gasteiger partial charge < -0.3 is 14.2 Å². The third-order valence-electron chi connectivity index (χ3n) is 14.0. The molecule has 0 rings (SSSR count). The average Bonchev–Trinajstić information content (AvgIpc) is 3.39. The highest BCUT2D eigenvalue weighted by Crippen LogP contribution is 2.17. The zero-order chi connectivity index (χ0) is 52.9. The molecule has 0 amide bonds. The number of ether oxygens (including phenoxy) is 3. The quantitative estimate of drug-likeness (QED) is 0.0261. The van der Waals surface area contributed by atoms with E-state index in [0.29, 0.717) is 19.3 Å². The SMILES string of the molecule is CCCCC/C=C\C/C=C\C/C=C\C/C=C\CCCC(=O)O[C@H](COC(=O)CCCCCCCCCCC/C=C\CCCCCCCC)COC(=O)CCCCCCCCCCCCCCCCCCCCC. The van der Waals surface area contributed by atoms with Crippen LogP contribution < -0.4 is 0 Å². The Morgan fingerprint density at radius 2 is 0.507 bits per heavy atom. The fraction of sp³-hybridized carbons (Fsp3) is 0.806. The van der Waals surface area contributed by atoms with Crippen molar-refractivity contribution in [3.8, 4) is 0 Å². The number of unbranched alkanes of at least 4 members (excludes halogenated alkanes) is 37. The van der Waals surface area contributed by atoms with Crippen LogP contribution in [0, 0.1) is 0 Å². The monoisotopic (exact) mass is 1020 g/mol. The van der Waals surface area contributed by atoms with Crippen LogP contribution in [0.2, 0.25) is 0 Å². The predicted octanol–water partition coefficient (Wildman–Crippen LogP) is 21.6. The zero-order valence-electron chi connectivity index (χ0n) is 48.7. The van der Waals surface area contributed by atoms with Gasteiger partial charge in [0.2, 0.25) is 0 Å². The molecule has 424 valence electrons. The lowest BCUT2D eigenvalue weighted by molar-refractivity contribution is -0.167. The summed E-state index contributed by atoms with van der Waals surface area (Å²) in [5, 5.41) is 0. The van der Waals surface area contributed by atoms with Gasteiger partial charge in [-0.15, -0.1) is 0 Å². The van der Waals surface area contributed by atoms with E-state index in [0.717, 1.165) is 64.2 Å².